The highest BCUT2D eigenvalue weighted by molar-refractivity contribution is 6.08. The standard InChI is InChI=1S/C13H22N2O4/c1-6-13(7-2)10(17)15(11(18)14-13)8-9(16)19-12(3,4)5/h6-8H2,1-5H3,(H,14,18). The molecule has 19 heavy (non-hydrogen) atoms. The Morgan fingerprint density at radius 2 is 1.79 bits per heavy atom. The van der Waals surface area contributed by atoms with Crippen LogP contribution in [0.4, 0.5) is 4.79 Å². The van der Waals surface area contributed by atoms with Gasteiger partial charge in [0, 0.05) is 0 Å². The predicted octanol–water partition coefficient (Wildman–Crippen LogP) is 1.44. The van der Waals surface area contributed by atoms with Crippen LogP contribution in [-0.2, 0) is 14.3 Å². The summed E-state index contributed by atoms with van der Waals surface area (Å²) < 4.78 is 5.12. The number of esters is 1. The van der Waals surface area contributed by atoms with Crippen LogP contribution in [0.25, 0.3) is 0 Å². The third-order valence-electron chi connectivity index (χ3n) is 3.16. The molecule has 0 radical (unpaired) electrons. The maximum Gasteiger partial charge on any atom is 0.326 e. The van der Waals surface area contributed by atoms with Crippen molar-refractivity contribution in [1.29, 1.82) is 0 Å². The second-order valence-corrected chi connectivity index (χ2v) is 5.70. The van der Waals surface area contributed by atoms with Crippen molar-refractivity contribution < 1.29 is 19.1 Å². The van der Waals surface area contributed by atoms with Gasteiger partial charge in [0.25, 0.3) is 5.91 Å². The first-order valence-corrected chi connectivity index (χ1v) is 6.51. The van der Waals surface area contributed by atoms with Gasteiger partial charge >= 0.3 is 12.0 Å². The molecule has 0 aromatic carbocycles. The highest BCUT2D eigenvalue weighted by atomic mass is 16.6. The van der Waals surface area contributed by atoms with E-state index in [9.17, 15) is 14.4 Å². The average molecular weight is 270 g/mol. The fourth-order valence-corrected chi connectivity index (χ4v) is 2.05. The SMILES string of the molecule is CCC1(CC)NC(=O)N(CC(=O)OC(C)(C)C)C1=O. The molecule has 1 saturated heterocycles. The first-order valence-electron chi connectivity index (χ1n) is 6.51. The first-order chi connectivity index (χ1) is 8.65. The minimum Gasteiger partial charge on any atom is -0.459 e. The molecule has 0 aliphatic carbocycles. The number of carbonyl (C=O) groups is 3. The summed E-state index contributed by atoms with van der Waals surface area (Å²) in [4.78, 5) is 36.7. The first kappa shape index (κ1) is 15.5. The van der Waals surface area contributed by atoms with E-state index in [-0.39, 0.29) is 12.5 Å². The summed E-state index contributed by atoms with van der Waals surface area (Å²) in [7, 11) is 0. The molecule has 1 aliphatic rings. The van der Waals surface area contributed by atoms with Gasteiger partial charge in [-0.3, -0.25) is 14.5 Å². The molecule has 1 N–H and O–H groups in total. The zero-order valence-electron chi connectivity index (χ0n) is 12.2. The molecule has 0 aromatic heterocycles. The summed E-state index contributed by atoms with van der Waals surface area (Å²) in [6.45, 7) is 8.53. The molecule has 0 aromatic rings. The molecule has 0 bridgehead atoms. The lowest BCUT2D eigenvalue weighted by Crippen LogP contribution is -2.46. The van der Waals surface area contributed by atoms with Crippen LogP contribution in [0.5, 0.6) is 0 Å². The lowest BCUT2D eigenvalue weighted by atomic mass is 9.93. The number of carbonyl (C=O) groups excluding carboxylic acids is 3. The van der Waals surface area contributed by atoms with Gasteiger partial charge in [-0.05, 0) is 33.6 Å². The molecule has 0 unspecified atom stereocenters. The van der Waals surface area contributed by atoms with Gasteiger partial charge in [0.1, 0.15) is 17.7 Å². The molecule has 108 valence electrons. The van der Waals surface area contributed by atoms with E-state index in [0.717, 1.165) is 4.90 Å². The van der Waals surface area contributed by atoms with Crippen molar-refractivity contribution >= 4 is 17.9 Å². The van der Waals surface area contributed by atoms with Crippen molar-refractivity contribution in [1.82, 2.24) is 10.2 Å². The number of ether oxygens (including phenoxy) is 1. The van der Waals surface area contributed by atoms with Crippen LogP contribution in [0.15, 0.2) is 0 Å². The number of nitrogens with zero attached hydrogens (tertiary/aromatic N) is 1. The Balaban J connectivity index is 2.78. The Hall–Kier alpha value is -1.59. The average Bonchev–Trinajstić information content (AvgIpc) is 2.51. The molecule has 0 atom stereocenters. The monoisotopic (exact) mass is 270 g/mol. The quantitative estimate of drug-likeness (QED) is 0.619. The molecule has 0 spiro atoms. The fourth-order valence-electron chi connectivity index (χ4n) is 2.05. The van der Waals surface area contributed by atoms with Gasteiger partial charge in [-0.25, -0.2) is 4.79 Å². The minimum absolute atomic E-state index is 0.344. The van der Waals surface area contributed by atoms with Gasteiger partial charge in [-0.2, -0.15) is 0 Å². The summed E-state index contributed by atoms with van der Waals surface area (Å²) in [6, 6.07) is -0.528. The number of hydrogen-bond acceptors (Lipinski definition) is 4. The molecule has 0 saturated carbocycles. The summed E-state index contributed by atoms with van der Waals surface area (Å²) in [5, 5.41) is 2.66. The van der Waals surface area contributed by atoms with Crippen LogP contribution in [-0.4, -0.2) is 40.5 Å². The van der Waals surface area contributed by atoms with E-state index < -0.39 is 23.1 Å². The van der Waals surface area contributed by atoms with E-state index in [1.807, 2.05) is 13.8 Å². The molecule has 1 fully saturated rings. The second-order valence-electron chi connectivity index (χ2n) is 5.70. The molecule has 1 heterocycles. The molecule has 6 heteroatoms. The van der Waals surface area contributed by atoms with Gasteiger partial charge in [0.15, 0.2) is 0 Å². The van der Waals surface area contributed by atoms with Crippen LogP contribution in [0.2, 0.25) is 0 Å². The van der Waals surface area contributed by atoms with Crippen LogP contribution >= 0.6 is 0 Å². The maximum absolute atomic E-state index is 12.2. The summed E-state index contributed by atoms with van der Waals surface area (Å²) >= 11 is 0. The summed E-state index contributed by atoms with van der Waals surface area (Å²) in [6.07, 6.45) is 0.998. The molecular formula is C13H22N2O4. The van der Waals surface area contributed by atoms with Crippen LogP contribution in [0, 0.1) is 0 Å². The van der Waals surface area contributed by atoms with Crippen molar-refractivity contribution in [2.45, 2.75) is 58.6 Å². The lowest BCUT2D eigenvalue weighted by Gasteiger charge is -2.24. The lowest BCUT2D eigenvalue weighted by molar-refractivity contribution is -0.157. The van der Waals surface area contributed by atoms with Crippen molar-refractivity contribution in [2.24, 2.45) is 0 Å². The van der Waals surface area contributed by atoms with Crippen LogP contribution in [0.3, 0.4) is 0 Å². The number of hydrogen-bond donors (Lipinski definition) is 1. The predicted molar refractivity (Wildman–Crippen MR) is 69.4 cm³/mol. The molecular weight excluding hydrogens is 248 g/mol. The zero-order valence-corrected chi connectivity index (χ0v) is 12.2. The third-order valence-corrected chi connectivity index (χ3v) is 3.16. The second kappa shape index (κ2) is 5.19. The van der Waals surface area contributed by atoms with Gasteiger partial charge in [-0.15, -0.1) is 0 Å². The largest absolute Gasteiger partial charge is 0.459 e. The van der Waals surface area contributed by atoms with E-state index in [2.05, 4.69) is 5.32 Å². The Morgan fingerprint density at radius 3 is 2.16 bits per heavy atom. The molecule has 3 amide bonds. The Morgan fingerprint density at radius 1 is 1.26 bits per heavy atom. The number of nitrogens with one attached hydrogen (secondary N) is 1. The van der Waals surface area contributed by atoms with Gasteiger partial charge in [-0.1, -0.05) is 13.8 Å². The smallest absolute Gasteiger partial charge is 0.326 e. The highest BCUT2D eigenvalue weighted by Gasteiger charge is 2.49. The summed E-state index contributed by atoms with van der Waals surface area (Å²) in [5.74, 6) is -0.938. The van der Waals surface area contributed by atoms with Gasteiger partial charge < -0.3 is 10.1 Å². The van der Waals surface area contributed by atoms with Gasteiger partial charge in [0.2, 0.25) is 0 Å². The number of urea groups is 1. The fraction of sp³-hybridized carbons (Fsp3) is 0.769. The van der Waals surface area contributed by atoms with Crippen molar-refractivity contribution in [3.05, 3.63) is 0 Å². The van der Waals surface area contributed by atoms with Crippen LogP contribution < -0.4 is 5.32 Å². The molecule has 1 rings (SSSR count). The molecule has 1 aliphatic heterocycles. The Labute approximate surface area is 113 Å². The van der Waals surface area contributed by atoms with Crippen molar-refractivity contribution in [2.75, 3.05) is 6.54 Å². The van der Waals surface area contributed by atoms with E-state index >= 15 is 0 Å². The van der Waals surface area contributed by atoms with Crippen molar-refractivity contribution in [3.8, 4) is 0 Å². The maximum atomic E-state index is 12.2. The number of rotatable bonds is 4. The van der Waals surface area contributed by atoms with Crippen molar-refractivity contribution in [3.63, 3.8) is 0 Å². The van der Waals surface area contributed by atoms with E-state index in [4.69, 9.17) is 4.74 Å². The highest BCUT2D eigenvalue weighted by Crippen LogP contribution is 2.24. The van der Waals surface area contributed by atoms with E-state index in [1.165, 1.54) is 0 Å². The Bertz CT molecular complexity index is 394. The summed E-state index contributed by atoms with van der Waals surface area (Å²) in [5.41, 5.74) is -1.51. The third kappa shape index (κ3) is 3.24. The van der Waals surface area contributed by atoms with E-state index in [1.54, 1.807) is 20.8 Å². The number of imide groups is 1. The number of amides is 3. The normalized spacial score (nSPS) is 18.5. The molecule has 6 nitrogen and oxygen atoms in total. The zero-order chi connectivity index (χ0) is 14.8. The minimum atomic E-state index is -0.876. The van der Waals surface area contributed by atoms with Gasteiger partial charge in [0.05, 0.1) is 0 Å². The topological polar surface area (TPSA) is 75.7 Å². The Kier molecular flexibility index (Phi) is 4.22. The van der Waals surface area contributed by atoms with E-state index in [0.29, 0.717) is 12.8 Å². The van der Waals surface area contributed by atoms with Crippen LogP contribution in [0.1, 0.15) is 47.5 Å².